The molecular formula is C14H11ClN2O2S. The molecule has 2 aromatic heterocycles. The molecule has 20 heavy (non-hydrogen) atoms. The lowest BCUT2D eigenvalue weighted by Crippen LogP contribution is -1.82. The number of halogens is 1. The fraction of sp³-hybridized carbons (Fsp3) is 0. The predicted molar refractivity (Wildman–Crippen MR) is 81.4 cm³/mol. The molecule has 0 saturated carbocycles. The van der Waals surface area contributed by atoms with Crippen molar-refractivity contribution < 1.29 is 10.2 Å². The van der Waals surface area contributed by atoms with Crippen LogP contribution in [-0.2, 0) is 0 Å². The van der Waals surface area contributed by atoms with Crippen molar-refractivity contribution in [3.05, 3.63) is 48.0 Å². The van der Waals surface area contributed by atoms with Gasteiger partial charge >= 0.3 is 0 Å². The first-order valence-electron chi connectivity index (χ1n) is 5.63. The Balaban J connectivity index is 0.00000147. The summed E-state index contributed by atoms with van der Waals surface area (Å²) in [5.41, 5.74) is 2.33. The smallest absolute Gasteiger partial charge is 0.158 e. The van der Waals surface area contributed by atoms with Crippen LogP contribution in [0.4, 0.5) is 0 Å². The number of nitrogens with zero attached hydrogens (tertiary/aromatic N) is 2. The van der Waals surface area contributed by atoms with Crippen LogP contribution >= 0.6 is 23.7 Å². The van der Waals surface area contributed by atoms with Gasteiger partial charge in [0, 0.05) is 17.1 Å². The van der Waals surface area contributed by atoms with E-state index in [1.54, 1.807) is 12.3 Å². The Morgan fingerprint density at radius 3 is 2.50 bits per heavy atom. The zero-order valence-electron chi connectivity index (χ0n) is 10.2. The van der Waals surface area contributed by atoms with E-state index >= 15 is 0 Å². The van der Waals surface area contributed by atoms with Gasteiger partial charge in [-0.1, -0.05) is 6.07 Å². The minimum atomic E-state index is -0.148. The number of benzene rings is 1. The first kappa shape index (κ1) is 14.3. The quantitative estimate of drug-likeness (QED) is 0.708. The topological polar surface area (TPSA) is 66.2 Å². The molecule has 3 aromatic rings. The van der Waals surface area contributed by atoms with E-state index in [2.05, 4.69) is 9.97 Å². The predicted octanol–water partition coefficient (Wildman–Crippen LogP) is 3.71. The Hall–Kier alpha value is -2.11. The molecule has 0 fully saturated rings. The molecule has 3 rings (SSSR count). The molecule has 2 heterocycles. The van der Waals surface area contributed by atoms with Gasteiger partial charge in [-0.25, -0.2) is 4.98 Å². The minimum Gasteiger partial charge on any atom is -0.504 e. The summed E-state index contributed by atoms with van der Waals surface area (Å²) < 4.78 is 0. The third kappa shape index (κ3) is 2.74. The molecule has 0 saturated heterocycles. The molecule has 0 aliphatic carbocycles. The molecule has 0 spiro atoms. The van der Waals surface area contributed by atoms with Crippen molar-refractivity contribution in [1.82, 2.24) is 9.97 Å². The summed E-state index contributed by atoms with van der Waals surface area (Å²) in [6.07, 6.45) is 1.72. The van der Waals surface area contributed by atoms with Crippen LogP contribution in [0.5, 0.6) is 11.5 Å². The highest BCUT2D eigenvalue weighted by Crippen LogP contribution is 2.32. The lowest BCUT2D eigenvalue weighted by Gasteiger charge is -2.00. The molecule has 6 heteroatoms. The van der Waals surface area contributed by atoms with Gasteiger partial charge in [0.15, 0.2) is 11.5 Å². The molecule has 0 bridgehead atoms. The summed E-state index contributed by atoms with van der Waals surface area (Å²) in [6.45, 7) is 0. The van der Waals surface area contributed by atoms with E-state index in [0.29, 0.717) is 0 Å². The average molecular weight is 307 g/mol. The summed E-state index contributed by atoms with van der Waals surface area (Å²) in [7, 11) is 0. The summed E-state index contributed by atoms with van der Waals surface area (Å²) in [6, 6.07) is 10.3. The van der Waals surface area contributed by atoms with Gasteiger partial charge in [-0.15, -0.1) is 23.7 Å². The number of hydrogen-bond donors (Lipinski definition) is 2. The second-order valence-electron chi connectivity index (χ2n) is 3.96. The van der Waals surface area contributed by atoms with Crippen molar-refractivity contribution >= 4 is 23.7 Å². The molecule has 2 N–H and O–H groups in total. The molecule has 0 unspecified atom stereocenters. The summed E-state index contributed by atoms with van der Waals surface area (Å²) >= 11 is 1.49. The zero-order chi connectivity index (χ0) is 13.2. The number of hydrogen-bond acceptors (Lipinski definition) is 5. The van der Waals surface area contributed by atoms with E-state index in [9.17, 15) is 10.2 Å². The number of rotatable bonds is 2. The van der Waals surface area contributed by atoms with E-state index < -0.39 is 0 Å². The number of phenols is 2. The number of phenolic OH excluding ortho intramolecular Hbond substituents is 2. The van der Waals surface area contributed by atoms with E-state index in [0.717, 1.165) is 22.0 Å². The van der Waals surface area contributed by atoms with Crippen LogP contribution in [0.3, 0.4) is 0 Å². The third-order valence-electron chi connectivity index (χ3n) is 2.66. The highest BCUT2D eigenvalue weighted by molar-refractivity contribution is 7.13. The monoisotopic (exact) mass is 306 g/mol. The van der Waals surface area contributed by atoms with Crippen LogP contribution in [0.2, 0.25) is 0 Å². The highest BCUT2D eigenvalue weighted by Gasteiger charge is 2.09. The number of aromatic nitrogens is 2. The van der Waals surface area contributed by atoms with Crippen molar-refractivity contribution in [2.45, 2.75) is 0 Å². The van der Waals surface area contributed by atoms with Gasteiger partial charge in [0.25, 0.3) is 0 Å². The molecule has 0 radical (unpaired) electrons. The molecule has 0 atom stereocenters. The van der Waals surface area contributed by atoms with Crippen molar-refractivity contribution in [3.63, 3.8) is 0 Å². The third-order valence-corrected chi connectivity index (χ3v) is 3.52. The first-order chi connectivity index (χ1) is 9.24. The standard InChI is InChI=1S/C14H10N2O2S.ClH/c17-12-5-4-9(7-13(12)18)11-8-19-14(16-11)10-3-1-2-6-15-10;/h1-8,17-18H;1H. The summed E-state index contributed by atoms with van der Waals surface area (Å²) in [4.78, 5) is 8.73. The van der Waals surface area contributed by atoms with Gasteiger partial charge in [0.05, 0.1) is 11.4 Å². The summed E-state index contributed by atoms with van der Waals surface area (Å²) in [5, 5.41) is 21.5. The van der Waals surface area contributed by atoms with Crippen LogP contribution in [0.15, 0.2) is 48.0 Å². The van der Waals surface area contributed by atoms with E-state index in [-0.39, 0.29) is 23.9 Å². The van der Waals surface area contributed by atoms with Gasteiger partial charge < -0.3 is 10.2 Å². The number of aromatic hydroxyl groups is 2. The van der Waals surface area contributed by atoms with Gasteiger partial charge in [0.1, 0.15) is 5.01 Å². The van der Waals surface area contributed by atoms with Crippen LogP contribution < -0.4 is 0 Å². The molecule has 4 nitrogen and oxygen atoms in total. The van der Waals surface area contributed by atoms with Crippen molar-refractivity contribution in [1.29, 1.82) is 0 Å². The molecule has 1 aromatic carbocycles. The maximum atomic E-state index is 9.50. The van der Waals surface area contributed by atoms with Crippen LogP contribution in [0.1, 0.15) is 0 Å². The summed E-state index contributed by atoms with van der Waals surface area (Å²) in [5.74, 6) is -0.284. The van der Waals surface area contributed by atoms with E-state index in [1.807, 2.05) is 23.6 Å². The van der Waals surface area contributed by atoms with Crippen molar-refractivity contribution in [3.8, 4) is 33.5 Å². The average Bonchev–Trinajstić information content (AvgIpc) is 2.93. The molecular weight excluding hydrogens is 296 g/mol. The molecule has 102 valence electrons. The SMILES string of the molecule is Cl.Oc1ccc(-c2csc(-c3ccccn3)n2)cc1O. The number of pyridine rings is 1. The highest BCUT2D eigenvalue weighted by atomic mass is 35.5. The second kappa shape index (κ2) is 5.90. The molecule has 0 aliphatic rings. The number of thiazole rings is 1. The maximum Gasteiger partial charge on any atom is 0.158 e. The Morgan fingerprint density at radius 2 is 1.80 bits per heavy atom. The zero-order valence-corrected chi connectivity index (χ0v) is 11.9. The Kier molecular flexibility index (Phi) is 4.22. The van der Waals surface area contributed by atoms with E-state index in [4.69, 9.17) is 0 Å². The Morgan fingerprint density at radius 1 is 0.950 bits per heavy atom. The Labute approximate surface area is 125 Å². The van der Waals surface area contributed by atoms with Crippen molar-refractivity contribution in [2.24, 2.45) is 0 Å². The van der Waals surface area contributed by atoms with Gasteiger partial charge in [-0.05, 0) is 30.3 Å². The first-order valence-corrected chi connectivity index (χ1v) is 6.51. The maximum absolute atomic E-state index is 9.50. The fourth-order valence-electron chi connectivity index (χ4n) is 1.70. The lowest BCUT2D eigenvalue weighted by atomic mass is 10.1. The van der Waals surface area contributed by atoms with Crippen LogP contribution in [0, 0.1) is 0 Å². The normalized spacial score (nSPS) is 10.0. The largest absolute Gasteiger partial charge is 0.504 e. The second-order valence-corrected chi connectivity index (χ2v) is 4.81. The minimum absolute atomic E-state index is 0. The van der Waals surface area contributed by atoms with Crippen LogP contribution in [-0.4, -0.2) is 20.2 Å². The molecule has 0 amide bonds. The lowest BCUT2D eigenvalue weighted by molar-refractivity contribution is 0.404. The van der Waals surface area contributed by atoms with E-state index in [1.165, 1.54) is 23.5 Å². The Bertz CT molecular complexity index is 716. The van der Waals surface area contributed by atoms with Gasteiger partial charge in [-0.2, -0.15) is 0 Å². The van der Waals surface area contributed by atoms with Gasteiger partial charge in [-0.3, -0.25) is 4.98 Å². The van der Waals surface area contributed by atoms with Crippen LogP contribution in [0.25, 0.3) is 22.0 Å². The van der Waals surface area contributed by atoms with Gasteiger partial charge in [0.2, 0.25) is 0 Å². The molecule has 0 aliphatic heterocycles. The fourth-order valence-corrected chi connectivity index (χ4v) is 2.50. The van der Waals surface area contributed by atoms with Crippen molar-refractivity contribution in [2.75, 3.05) is 0 Å².